The molecule has 0 amide bonds. The van der Waals surface area contributed by atoms with Crippen LogP contribution in [0.3, 0.4) is 0 Å². The molecule has 0 aliphatic heterocycles. The summed E-state index contributed by atoms with van der Waals surface area (Å²) in [4.78, 5) is 13.0. The zero-order chi connectivity index (χ0) is 12.4. The minimum absolute atomic E-state index is 0.0902. The van der Waals surface area contributed by atoms with E-state index in [1.165, 1.54) is 5.56 Å². The van der Waals surface area contributed by atoms with Crippen LogP contribution in [0.15, 0.2) is 16.7 Å². The smallest absolute Gasteiger partial charge is 0.317 e. The summed E-state index contributed by atoms with van der Waals surface area (Å²) in [6, 6.07) is 2.39. The Morgan fingerprint density at radius 2 is 2.41 bits per heavy atom. The molecule has 1 heterocycles. The highest BCUT2D eigenvalue weighted by molar-refractivity contribution is 5.69. The lowest BCUT2D eigenvalue weighted by molar-refractivity contribution is -0.139. The molecule has 17 heavy (non-hydrogen) atoms. The summed E-state index contributed by atoms with van der Waals surface area (Å²) in [5, 5.41) is 9.00. The molecular weight excluding hydrogens is 218 g/mol. The van der Waals surface area contributed by atoms with Crippen LogP contribution in [-0.2, 0) is 11.2 Å². The molecule has 0 radical (unpaired) electrons. The Balaban J connectivity index is 2.23. The Kier molecular flexibility index (Phi) is 3.52. The number of hydrogen-bond acceptors (Lipinski definition) is 3. The lowest BCUT2D eigenvalue weighted by atomic mass is 9.91. The number of carbonyl (C=O) groups is 1. The highest BCUT2D eigenvalue weighted by Crippen LogP contribution is 2.35. The summed E-state index contributed by atoms with van der Waals surface area (Å²) in [5.41, 5.74) is 1.17. The fourth-order valence-electron chi connectivity index (χ4n) is 2.62. The van der Waals surface area contributed by atoms with Gasteiger partial charge in [-0.3, -0.25) is 9.69 Å². The van der Waals surface area contributed by atoms with E-state index < -0.39 is 5.97 Å². The molecule has 2 rings (SSSR count). The molecule has 1 aromatic rings. The van der Waals surface area contributed by atoms with Crippen LogP contribution in [0.25, 0.3) is 0 Å². The van der Waals surface area contributed by atoms with Crippen LogP contribution in [-0.4, -0.2) is 28.6 Å². The van der Waals surface area contributed by atoms with Crippen molar-refractivity contribution in [2.45, 2.75) is 45.2 Å². The van der Waals surface area contributed by atoms with E-state index in [9.17, 15) is 4.79 Å². The predicted octanol–water partition coefficient (Wildman–Crippen LogP) is 2.45. The van der Waals surface area contributed by atoms with E-state index in [2.05, 4.69) is 0 Å². The maximum Gasteiger partial charge on any atom is 0.317 e. The maximum atomic E-state index is 10.9. The average Bonchev–Trinajstić information content (AvgIpc) is 2.73. The molecule has 1 aliphatic rings. The Hall–Kier alpha value is -1.29. The average molecular weight is 237 g/mol. The van der Waals surface area contributed by atoms with E-state index in [-0.39, 0.29) is 18.6 Å². The fraction of sp³-hybridized carbons (Fsp3) is 0.615. The number of fused-ring (bicyclic) bond motifs is 1. The summed E-state index contributed by atoms with van der Waals surface area (Å²) in [7, 11) is 0. The van der Waals surface area contributed by atoms with Crippen molar-refractivity contribution >= 4 is 5.97 Å². The Morgan fingerprint density at radius 1 is 1.65 bits per heavy atom. The van der Waals surface area contributed by atoms with Gasteiger partial charge in [-0.15, -0.1) is 0 Å². The number of rotatable bonds is 4. The normalized spacial score (nSPS) is 19.6. The number of hydrogen-bond donors (Lipinski definition) is 1. The van der Waals surface area contributed by atoms with E-state index in [1.54, 1.807) is 6.26 Å². The van der Waals surface area contributed by atoms with Crippen molar-refractivity contribution in [1.29, 1.82) is 0 Å². The standard InChI is InChI=1S/C13H19NO3/c1-9(2)14(8-13(15)16)11-4-3-5-12-10(11)6-7-17-12/h6-7,9,11H,3-5,8H2,1-2H3,(H,15,16). The summed E-state index contributed by atoms with van der Waals surface area (Å²) >= 11 is 0. The second kappa shape index (κ2) is 4.92. The van der Waals surface area contributed by atoms with Gasteiger partial charge in [0.05, 0.1) is 12.8 Å². The molecule has 4 heteroatoms. The van der Waals surface area contributed by atoms with Crippen molar-refractivity contribution in [3.05, 3.63) is 23.7 Å². The molecular formula is C13H19NO3. The monoisotopic (exact) mass is 237 g/mol. The van der Waals surface area contributed by atoms with Gasteiger partial charge in [0.15, 0.2) is 0 Å². The van der Waals surface area contributed by atoms with Crippen molar-refractivity contribution in [2.75, 3.05) is 6.54 Å². The molecule has 94 valence electrons. The number of aryl methyl sites for hydroxylation is 1. The van der Waals surface area contributed by atoms with Crippen LogP contribution in [0.2, 0.25) is 0 Å². The first-order chi connectivity index (χ1) is 8.09. The zero-order valence-corrected chi connectivity index (χ0v) is 10.3. The van der Waals surface area contributed by atoms with Gasteiger partial charge in [0.1, 0.15) is 5.76 Å². The molecule has 0 aromatic carbocycles. The van der Waals surface area contributed by atoms with Gasteiger partial charge in [0.2, 0.25) is 0 Å². The first kappa shape index (κ1) is 12.2. The van der Waals surface area contributed by atoms with Gasteiger partial charge in [0, 0.05) is 24.1 Å². The molecule has 4 nitrogen and oxygen atoms in total. The second-order valence-corrected chi connectivity index (χ2v) is 4.87. The molecule has 0 bridgehead atoms. The third-order valence-electron chi connectivity index (χ3n) is 3.40. The van der Waals surface area contributed by atoms with Gasteiger partial charge in [0.25, 0.3) is 0 Å². The topological polar surface area (TPSA) is 53.7 Å². The third kappa shape index (κ3) is 2.52. The van der Waals surface area contributed by atoms with Crippen LogP contribution in [0, 0.1) is 0 Å². The third-order valence-corrected chi connectivity index (χ3v) is 3.40. The SMILES string of the molecule is CC(C)N(CC(=O)O)C1CCCc2occc21. The van der Waals surface area contributed by atoms with Gasteiger partial charge in [-0.1, -0.05) is 0 Å². The number of nitrogens with zero attached hydrogens (tertiary/aromatic N) is 1. The minimum atomic E-state index is -0.769. The molecule has 1 atom stereocenters. The summed E-state index contributed by atoms with van der Waals surface area (Å²) < 4.78 is 5.45. The second-order valence-electron chi connectivity index (χ2n) is 4.87. The van der Waals surface area contributed by atoms with E-state index in [0.29, 0.717) is 0 Å². The summed E-state index contributed by atoms with van der Waals surface area (Å²) in [5.74, 6) is 0.256. The lowest BCUT2D eigenvalue weighted by Crippen LogP contribution is -2.39. The van der Waals surface area contributed by atoms with Crippen molar-refractivity contribution < 1.29 is 14.3 Å². The quantitative estimate of drug-likeness (QED) is 0.874. The number of aliphatic carboxylic acids is 1. The van der Waals surface area contributed by atoms with Crippen molar-refractivity contribution in [3.8, 4) is 0 Å². The Bertz CT molecular complexity index is 397. The summed E-state index contributed by atoms with van der Waals surface area (Å²) in [6.45, 7) is 4.17. The van der Waals surface area contributed by atoms with Crippen LogP contribution in [0.4, 0.5) is 0 Å². The lowest BCUT2D eigenvalue weighted by Gasteiger charge is -2.35. The Morgan fingerprint density at radius 3 is 3.06 bits per heavy atom. The first-order valence-electron chi connectivity index (χ1n) is 6.13. The maximum absolute atomic E-state index is 10.9. The van der Waals surface area contributed by atoms with Crippen LogP contribution in [0.1, 0.15) is 44.1 Å². The van der Waals surface area contributed by atoms with E-state index in [1.807, 2.05) is 24.8 Å². The van der Waals surface area contributed by atoms with E-state index >= 15 is 0 Å². The molecule has 1 unspecified atom stereocenters. The van der Waals surface area contributed by atoms with Gasteiger partial charge < -0.3 is 9.52 Å². The largest absolute Gasteiger partial charge is 0.480 e. The first-order valence-corrected chi connectivity index (χ1v) is 6.13. The molecule has 1 aromatic heterocycles. The molecule has 0 spiro atoms. The molecule has 1 aliphatic carbocycles. The Labute approximate surface area is 101 Å². The van der Waals surface area contributed by atoms with Crippen molar-refractivity contribution in [3.63, 3.8) is 0 Å². The van der Waals surface area contributed by atoms with Crippen molar-refractivity contribution in [1.82, 2.24) is 4.90 Å². The van der Waals surface area contributed by atoms with Gasteiger partial charge in [-0.25, -0.2) is 0 Å². The van der Waals surface area contributed by atoms with Crippen LogP contribution in [0.5, 0.6) is 0 Å². The molecule has 1 N–H and O–H groups in total. The van der Waals surface area contributed by atoms with Crippen molar-refractivity contribution in [2.24, 2.45) is 0 Å². The highest BCUT2D eigenvalue weighted by Gasteiger charge is 2.30. The number of furan rings is 1. The molecule has 0 fully saturated rings. The predicted molar refractivity (Wildman–Crippen MR) is 63.9 cm³/mol. The van der Waals surface area contributed by atoms with Gasteiger partial charge in [-0.2, -0.15) is 0 Å². The fourth-order valence-corrected chi connectivity index (χ4v) is 2.62. The highest BCUT2D eigenvalue weighted by atomic mass is 16.4. The van der Waals surface area contributed by atoms with Gasteiger partial charge >= 0.3 is 5.97 Å². The van der Waals surface area contributed by atoms with Gasteiger partial charge in [-0.05, 0) is 32.8 Å². The minimum Gasteiger partial charge on any atom is -0.480 e. The van der Waals surface area contributed by atoms with E-state index in [0.717, 1.165) is 25.0 Å². The molecule has 0 saturated carbocycles. The van der Waals surface area contributed by atoms with E-state index in [4.69, 9.17) is 9.52 Å². The zero-order valence-electron chi connectivity index (χ0n) is 10.3. The van der Waals surface area contributed by atoms with Crippen LogP contribution >= 0.6 is 0 Å². The summed E-state index contributed by atoms with van der Waals surface area (Å²) in [6.07, 6.45) is 4.76. The molecule has 0 saturated heterocycles. The number of carboxylic acid groups (broad SMARTS) is 1. The van der Waals surface area contributed by atoms with Crippen LogP contribution < -0.4 is 0 Å². The number of carboxylic acids is 1.